The van der Waals surface area contributed by atoms with Gasteiger partial charge in [-0.05, 0) is 43.7 Å². The number of benzene rings is 1. The lowest BCUT2D eigenvalue weighted by Gasteiger charge is -2.33. The maximum atomic E-state index is 9.53. The highest BCUT2D eigenvalue weighted by Gasteiger charge is 2.19. The first-order valence-electron chi connectivity index (χ1n) is 6.06. The summed E-state index contributed by atoms with van der Waals surface area (Å²) in [6.45, 7) is 2.65. The molecule has 0 aromatic heterocycles. The van der Waals surface area contributed by atoms with Gasteiger partial charge in [-0.3, -0.25) is 0 Å². The second-order valence-corrected chi connectivity index (χ2v) is 4.96. The highest BCUT2D eigenvalue weighted by atomic mass is 35.5. The highest BCUT2D eigenvalue weighted by molar-refractivity contribution is 6.30. The van der Waals surface area contributed by atoms with Crippen LogP contribution in [0.2, 0.25) is 5.02 Å². The van der Waals surface area contributed by atoms with Gasteiger partial charge < -0.3 is 15.3 Å². The van der Waals surface area contributed by atoms with Crippen molar-refractivity contribution in [2.75, 3.05) is 25.0 Å². The zero-order valence-electron chi connectivity index (χ0n) is 10.1. The van der Waals surface area contributed by atoms with Crippen molar-refractivity contribution in [2.24, 2.45) is 0 Å². The normalized spacial score (nSPS) is 17.5. The first-order chi connectivity index (χ1) is 8.20. The maximum absolute atomic E-state index is 9.53. The van der Waals surface area contributed by atoms with Crippen LogP contribution in [0.25, 0.3) is 0 Å². The van der Waals surface area contributed by atoms with Gasteiger partial charge in [-0.2, -0.15) is 0 Å². The Morgan fingerprint density at radius 3 is 2.76 bits per heavy atom. The summed E-state index contributed by atoms with van der Waals surface area (Å²) in [6.07, 6.45) is 1.56. The van der Waals surface area contributed by atoms with Gasteiger partial charge in [0.2, 0.25) is 0 Å². The van der Waals surface area contributed by atoms with Gasteiger partial charge in [-0.25, -0.2) is 0 Å². The standard InChI is InChI=1S/C13H19ClN2O/c1-15-9-10-8-11(14)2-3-13(10)16-6-4-12(17)5-7-16/h2-3,8,12,15,17H,4-7,9H2,1H3. The molecule has 1 fully saturated rings. The van der Waals surface area contributed by atoms with Crippen molar-refractivity contribution in [1.29, 1.82) is 0 Å². The second-order valence-electron chi connectivity index (χ2n) is 4.52. The Labute approximate surface area is 107 Å². The minimum absolute atomic E-state index is 0.133. The van der Waals surface area contributed by atoms with Crippen LogP contribution in [0, 0.1) is 0 Å². The Morgan fingerprint density at radius 2 is 2.12 bits per heavy atom. The number of nitrogens with one attached hydrogen (secondary N) is 1. The summed E-state index contributed by atoms with van der Waals surface area (Å²) in [6, 6.07) is 6.02. The Balaban J connectivity index is 2.18. The molecule has 0 bridgehead atoms. The molecule has 0 unspecified atom stereocenters. The predicted octanol–water partition coefficient (Wildman–Crippen LogP) is 2.02. The zero-order chi connectivity index (χ0) is 12.3. The van der Waals surface area contributed by atoms with Crippen molar-refractivity contribution in [3.63, 3.8) is 0 Å². The molecule has 0 amide bonds. The highest BCUT2D eigenvalue weighted by Crippen LogP contribution is 2.27. The van der Waals surface area contributed by atoms with E-state index in [0.29, 0.717) is 0 Å². The Bertz CT molecular complexity index is 376. The van der Waals surface area contributed by atoms with Gasteiger partial charge in [0.1, 0.15) is 0 Å². The van der Waals surface area contributed by atoms with Crippen LogP contribution in [0.4, 0.5) is 5.69 Å². The second kappa shape index (κ2) is 5.71. The molecule has 2 rings (SSSR count). The van der Waals surface area contributed by atoms with Gasteiger partial charge >= 0.3 is 0 Å². The molecule has 0 atom stereocenters. The maximum Gasteiger partial charge on any atom is 0.0574 e. The molecule has 17 heavy (non-hydrogen) atoms. The molecule has 1 aromatic rings. The topological polar surface area (TPSA) is 35.5 Å². The van der Waals surface area contributed by atoms with Crippen molar-refractivity contribution in [3.8, 4) is 0 Å². The molecule has 3 nitrogen and oxygen atoms in total. The zero-order valence-corrected chi connectivity index (χ0v) is 10.9. The van der Waals surface area contributed by atoms with Crippen LogP contribution in [0.15, 0.2) is 18.2 Å². The molecule has 0 saturated carbocycles. The molecule has 1 saturated heterocycles. The molecule has 1 aliphatic heterocycles. The third-order valence-electron chi connectivity index (χ3n) is 3.21. The molecule has 1 aliphatic rings. The van der Waals surface area contributed by atoms with Gasteiger partial charge in [0.25, 0.3) is 0 Å². The number of aliphatic hydroxyl groups is 1. The summed E-state index contributed by atoms with van der Waals surface area (Å²) >= 11 is 6.03. The minimum Gasteiger partial charge on any atom is -0.393 e. The lowest BCUT2D eigenvalue weighted by atomic mass is 10.1. The van der Waals surface area contributed by atoms with Crippen LogP contribution in [0.5, 0.6) is 0 Å². The van der Waals surface area contributed by atoms with E-state index < -0.39 is 0 Å². The van der Waals surface area contributed by atoms with Crippen molar-refractivity contribution in [2.45, 2.75) is 25.5 Å². The average Bonchev–Trinajstić information content (AvgIpc) is 2.31. The van der Waals surface area contributed by atoms with Crippen LogP contribution in [-0.4, -0.2) is 31.3 Å². The quantitative estimate of drug-likeness (QED) is 0.866. The van der Waals surface area contributed by atoms with Crippen LogP contribution in [0.1, 0.15) is 18.4 Å². The Morgan fingerprint density at radius 1 is 1.41 bits per heavy atom. The largest absolute Gasteiger partial charge is 0.393 e. The number of hydrogen-bond donors (Lipinski definition) is 2. The number of anilines is 1. The summed E-state index contributed by atoms with van der Waals surface area (Å²) < 4.78 is 0. The molecule has 2 N–H and O–H groups in total. The minimum atomic E-state index is -0.133. The van der Waals surface area contributed by atoms with E-state index in [0.717, 1.165) is 37.5 Å². The van der Waals surface area contributed by atoms with Crippen LogP contribution < -0.4 is 10.2 Å². The fraction of sp³-hybridized carbons (Fsp3) is 0.538. The van der Waals surface area contributed by atoms with Gasteiger partial charge in [0.15, 0.2) is 0 Å². The van der Waals surface area contributed by atoms with Crippen molar-refractivity contribution in [1.82, 2.24) is 5.32 Å². The van der Waals surface area contributed by atoms with Gasteiger partial charge in [-0.1, -0.05) is 11.6 Å². The fourth-order valence-corrected chi connectivity index (χ4v) is 2.50. The van der Waals surface area contributed by atoms with Gasteiger partial charge in [0, 0.05) is 30.3 Å². The first kappa shape index (κ1) is 12.7. The average molecular weight is 255 g/mol. The van der Waals surface area contributed by atoms with Crippen LogP contribution >= 0.6 is 11.6 Å². The van der Waals surface area contributed by atoms with E-state index in [4.69, 9.17) is 11.6 Å². The van der Waals surface area contributed by atoms with E-state index in [-0.39, 0.29) is 6.10 Å². The SMILES string of the molecule is CNCc1cc(Cl)ccc1N1CCC(O)CC1. The number of nitrogens with zero attached hydrogens (tertiary/aromatic N) is 1. The van der Waals surface area contributed by atoms with Gasteiger partial charge in [-0.15, -0.1) is 0 Å². The van der Waals surface area contributed by atoms with E-state index in [1.165, 1.54) is 11.3 Å². The molecule has 4 heteroatoms. The lowest BCUT2D eigenvalue weighted by molar-refractivity contribution is 0.145. The molecular weight excluding hydrogens is 236 g/mol. The summed E-state index contributed by atoms with van der Waals surface area (Å²) in [5, 5.41) is 13.5. The molecule has 0 radical (unpaired) electrons. The number of halogens is 1. The molecular formula is C13H19ClN2O. The lowest BCUT2D eigenvalue weighted by Crippen LogP contribution is -2.36. The van der Waals surface area contributed by atoms with Crippen LogP contribution in [0.3, 0.4) is 0 Å². The predicted molar refractivity (Wildman–Crippen MR) is 71.7 cm³/mol. The number of rotatable bonds is 3. The monoisotopic (exact) mass is 254 g/mol. The smallest absolute Gasteiger partial charge is 0.0574 e. The Hall–Kier alpha value is -0.770. The molecule has 94 valence electrons. The number of aliphatic hydroxyl groups excluding tert-OH is 1. The van der Waals surface area contributed by atoms with Crippen molar-refractivity contribution >= 4 is 17.3 Å². The molecule has 1 aromatic carbocycles. The summed E-state index contributed by atoms with van der Waals surface area (Å²) in [4.78, 5) is 2.33. The number of piperidine rings is 1. The van der Waals surface area contributed by atoms with E-state index in [2.05, 4.69) is 16.3 Å². The summed E-state index contributed by atoms with van der Waals surface area (Å²) in [5.41, 5.74) is 2.45. The van der Waals surface area contributed by atoms with E-state index >= 15 is 0 Å². The van der Waals surface area contributed by atoms with E-state index in [9.17, 15) is 5.11 Å². The first-order valence-corrected chi connectivity index (χ1v) is 6.44. The van der Waals surface area contributed by atoms with E-state index in [1.807, 2.05) is 19.2 Å². The van der Waals surface area contributed by atoms with Crippen molar-refractivity contribution < 1.29 is 5.11 Å². The van der Waals surface area contributed by atoms with E-state index in [1.54, 1.807) is 0 Å². The molecule has 0 aliphatic carbocycles. The number of hydrogen-bond acceptors (Lipinski definition) is 3. The Kier molecular flexibility index (Phi) is 4.26. The van der Waals surface area contributed by atoms with Gasteiger partial charge in [0.05, 0.1) is 6.10 Å². The summed E-state index contributed by atoms with van der Waals surface area (Å²) in [5.74, 6) is 0. The molecule has 1 heterocycles. The third kappa shape index (κ3) is 3.12. The summed E-state index contributed by atoms with van der Waals surface area (Å²) in [7, 11) is 1.94. The third-order valence-corrected chi connectivity index (χ3v) is 3.45. The van der Waals surface area contributed by atoms with Crippen LogP contribution in [-0.2, 0) is 6.54 Å². The molecule has 0 spiro atoms. The van der Waals surface area contributed by atoms with Crippen molar-refractivity contribution in [3.05, 3.63) is 28.8 Å². The fourth-order valence-electron chi connectivity index (χ4n) is 2.30.